The molecule has 2 N–H and O–H groups in total. The highest BCUT2D eigenvalue weighted by molar-refractivity contribution is 7.98. The standard InChI is InChI=1S/C13H14N4O2S/c1-8-4-3-5-10(6-8)7-20-12-11(17(18)19)9(2)15-13(14)16-12/h3-6H,7H2,1-2H3,(H2,14,15,16). The van der Waals surface area contributed by atoms with Crippen LogP contribution in [0.5, 0.6) is 0 Å². The Bertz CT molecular complexity index is 661. The summed E-state index contributed by atoms with van der Waals surface area (Å²) in [4.78, 5) is 18.4. The van der Waals surface area contributed by atoms with Gasteiger partial charge < -0.3 is 5.73 Å². The van der Waals surface area contributed by atoms with E-state index in [0.717, 1.165) is 11.1 Å². The Morgan fingerprint density at radius 2 is 2.10 bits per heavy atom. The minimum atomic E-state index is -0.465. The number of hydrogen-bond donors (Lipinski definition) is 1. The van der Waals surface area contributed by atoms with E-state index in [2.05, 4.69) is 9.97 Å². The summed E-state index contributed by atoms with van der Waals surface area (Å²) in [6.07, 6.45) is 0. The maximum absolute atomic E-state index is 11.1. The Balaban J connectivity index is 2.27. The largest absolute Gasteiger partial charge is 0.368 e. The van der Waals surface area contributed by atoms with Gasteiger partial charge in [0.25, 0.3) is 0 Å². The van der Waals surface area contributed by atoms with E-state index in [4.69, 9.17) is 5.73 Å². The number of aromatic nitrogens is 2. The lowest BCUT2D eigenvalue weighted by atomic mass is 10.2. The van der Waals surface area contributed by atoms with Crippen LogP contribution in [-0.2, 0) is 5.75 Å². The number of rotatable bonds is 4. The van der Waals surface area contributed by atoms with Gasteiger partial charge in [0.2, 0.25) is 5.95 Å². The average molecular weight is 290 g/mol. The highest BCUT2D eigenvalue weighted by Gasteiger charge is 2.21. The molecular weight excluding hydrogens is 276 g/mol. The molecule has 0 saturated carbocycles. The van der Waals surface area contributed by atoms with E-state index < -0.39 is 4.92 Å². The molecule has 0 atom stereocenters. The first-order valence-corrected chi connectivity index (χ1v) is 6.93. The van der Waals surface area contributed by atoms with E-state index in [-0.39, 0.29) is 17.3 Å². The van der Waals surface area contributed by atoms with Gasteiger partial charge in [0.05, 0.1) is 4.92 Å². The molecular formula is C13H14N4O2S. The van der Waals surface area contributed by atoms with Gasteiger partial charge in [0.1, 0.15) is 5.69 Å². The molecule has 0 saturated heterocycles. The molecule has 6 nitrogen and oxygen atoms in total. The SMILES string of the molecule is Cc1cccc(CSc2nc(N)nc(C)c2[N+](=O)[O-])c1. The molecule has 0 unspecified atom stereocenters. The van der Waals surface area contributed by atoms with Gasteiger partial charge in [-0.3, -0.25) is 10.1 Å². The summed E-state index contributed by atoms with van der Waals surface area (Å²) in [6, 6.07) is 7.97. The molecule has 2 aromatic rings. The van der Waals surface area contributed by atoms with Gasteiger partial charge in [-0.25, -0.2) is 4.98 Å². The third kappa shape index (κ3) is 3.24. The van der Waals surface area contributed by atoms with Crippen molar-refractivity contribution in [1.29, 1.82) is 0 Å². The molecule has 0 fully saturated rings. The summed E-state index contributed by atoms with van der Waals surface area (Å²) in [7, 11) is 0. The molecule has 1 aromatic heterocycles. The maximum atomic E-state index is 11.1. The van der Waals surface area contributed by atoms with Crippen molar-refractivity contribution in [2.45, 2.75) is 24.6 Å². The predicted octanol–water partition coefficient (Wildman–Crippen LogP) is 2.88. The number of nitro groups is 1. The Hall–Kier alpha value is -2.15. The van der Waals surface area contributed by atoms with Crippen LogP contribution in [0, 0.1) is 24.0 Å². The molecule has 20 heavy (non-hydrogen) atoms. The van der Waals surface area contributed by atoms with Crippen LogP contribution in [-0.4, -0.2) is 14.9 Å². The summed E-state index contributed by atoms with van der Waals surface area (Å²) < 4.78 is 0. The van der Waals surface area contributed by atoms with E-state index in [0.29, 0.717) is 10.8 Å². The first-order chi connectivity index (χ1) is 9.47. The molecule has 2 rings (SSSR count). The molecule has 104 valence electrons. The fourth-order valence-electron chi connectivity index (χ4n) is 1.83. The third-order valence-corrected chi connectivity index (χ3v) is 3.72. The first kappa shape index (κ1) is 14.3. The van der Waals surface area contributed by atoms with Crippen LogP contribution in [0.3, 0.4) is 0 Å². The van der Waals surface area contributed by atoms with Gasteiger partial charge in [0, 0.05) is 5.75 Å². The van der Waals surface area contributed by atoms with E-state index in [1.54, 1.807) is 6.92 Å². The molecule has 0 radical (unpaired) electrons. The third-order valence-electron chi connectivity index (χ3n) is 2.68. The summed E-state index contributed by atoms with van der Waals surface area (Å²) in [5.74, 6) is 0.651. The monoisotopic (exact) mass is 290 g/mol. The summed E-state index contributed by atoms with van der Waals surface area (Å²) >= 11 is 1.29. The maximum Gasteiger partial charge on any atom is 0.322 e. The van der Waals surface area contributed by atoms with Crippen molar-refractivity contribution in [1.82, 2.24) is 9.97 Å². The molecule has 0 bridgehead atoms. The number of nitrogens with zero attached hydrogens (tertiary/aromatic N) is 3. The number of benzene rings is 1. The molecule has 1 heterocycles. The lowest BCUT2D eigenvalue weighted by molar-refractivity contribution is -0.389. The van der Waals surface area contributed by atoms with E-state index >= 15 is 0 Å². The summed E-state index contributed by atoms with van der Waals surface area (Å²) in [6.45, 7) is 3.57. The number of aryl methyl sites for hydroxylation is 2. The van der Waals surface area contributed by atoms with Gasteiger partial charge in [0.15, 0.2) is 5.03 Å². The number of hydrogen-bond acceptors (Lipinski definition) is 6. The number of thioether (sulfide) groups is 1. The van der Waals surface area contributed by atoms with Gasteiger partial charge in [-0.1, -0.05) is 41.6 Å². The van der Waals surface area contributed by atoms with Crippen molar-refractivity contribution in [3.05, 3.63) is 51.2 Å². The van der Waals surface area contributed by atoms with E-state index in [9.17, 15) is 10.1 Å². The molecule has 0 aliphatic rings. The Morgan fingerprint density at radius 3 is 2.75 bits per heavy atom. The van der Waals surface area contributed by atoms with E-state index in [1.165, 1.54) is 11.8 Å². The fraction of sp³-hybridized carbons (Fsp3) is 0.231. The van der Waals surface area contributed by atoms with Gasteiger partial charge >= 0.3 is 5.69 Å². The zero-order chi connectivity index (χ0) is 14.7. The number of anilines is 1. The van der Waals surface area contributed by atoms with Gasteiger partial charge in [-0.2, -0.15) is 4.98 Å². The molecule has 0 amide bonds. The van der Waals surface area contributed by atoms with Crippen molar-refractivity contribution in [2.75, 3.05) is 5.73 Å². The lowest BCUT2D eigenvalue weighted by Gasteiger charge is -2.05. The minimum absolute atomic E-state index is 0.0554. The molecule has 1 aromatic carbocycles. The molecule has 7 heteroatoms. The van der Waals surface area contributed by atoms with Crippen LogP contribution in [0.1, 0.15) is 16.8 Å². The highest BCUT2D eigenvalue weighted by atomic mass is 32.2. The van der Waals surface area contributed by atoms with Crippen molar-refractivity contribution in [2.24, 2.45) is 0 Å². The minimum Gasteiger partial charge on any atom is -0.368 e. The molecule has 0 aliphatic carbocycles. The Morgan fingerprint density at radius 1 is 1.35 bits per heavy atom. The second-order valence-electron chi connectivity index (χ2n) is 4.36. The van der Waals surface area contributed by atoms with Gasteiger partial charge in [-0.15, -0.1) is 0 Å². The second kappa shape index (κ2) is 5.87. The van der Waals surface area contributed by atoms with Crippen LogP contribution in [0.4, 0.5) is 11.6 Å². The zero-order valence-corrected chi connectivity index (χ0v) is 12.0. The normalized spacial score (nSPS) is 10.5. The lowest BCUT2D eigenvalue weighted by Crippen LogP contribution is -2.04. The molecule has 0 aliphatic heterocycles. The van der Waals surface area contributed by atoms with Crippen LogP contribution in [0.25, 0.3) is 0 Å². The Kier molecular flexibility index (Phi) is 4.19. The smallest absolute Gasteiger partial charge is 0.322 e. The highest BCUT2D eigenvalue weighted by Crippen LogP contribution is 2.32. The number of nitrogens with two attached hydrogens (primary N) is 1. The average Bonchev–Trinajstić information content (AvgIpc) is 2.35. The predicted molar refractivity (Wildman–Crippen MR) is 78.6 cm³/mol. The summed E-state index contributed by atoms with van der Waals surface area (Å²) in [5, 5.41) is 11.4. The van der Waals surface area contributed by atoms with Crippen molar-refractivity contribution < 1.29 is 4.92 Å². The van der Waals surface area contributed by atoms with E-state index in [1.807, 2.05) is 31.2 Å². The van der Waals surface area contributed by atoms with Crippen molar-refractivity contribution >= 4 is 23.4 Å². The quantitative estimate of drug-likeness (QED) is 0.402. The number of nitrogen functional groups attached to an aromatic ring is 1. The fourth-order valence-corrected chi connectivity index (χ4v) is 2.83. The van der Waals surface area contributed by atoms with Crippen LogP contribution in [0.15, 0.2) is 29.3 Å². The van der Waals surface area contributed by atoms with Crippen LogP contribution in [0.2, 0.25) is 0 Å². The topological polar surface area (TPSA) is 94.9 Å². The van der Waals surface area contributed by atoms with Crippen molar-refractivity contribution in [3.63, 3.8) is 0 Å². The first-order valence-electron chi connectivity index (χ1n) is 5.94. The van der Waals surface area contributed by atoms with Crippen LogP contribution >= 0.6 is 11.8 Å². The zero-order valence-electron chi connectivity index (χ0n) is 11.2. The van der Waals surface area contributed by atoms with Crippen LogP contribution < -0.4 is 5.73 Å². The summed E-state index contributed by atoms with van der Waals surface area (Å²) in [5.41, 5.74) is 8.01. The molecule has 0 spiro atoms. The Labute approximate surface area is 120 Å². The van der Waals surface area contributed by atoms with Gasteiger partial charge in [-0.05, 0) is 19.4 Å². The second-order valence-corrected chi connectivity index (χ2v) is 5.32. The van der Waals surface area contributed by atoms with Crippen molar-refractivity contribution in [3.8, 4) is 0 Å².